The van der Waals surface area contributed by atoms with Crippen molar-refractivity contribution in [3.8, 4) is 0 Å². The second kappa shape index (κ2) is 9.26. The highest BCUT2D eigenvalue weighted by Gasteiger charge is 2.25. The maximum absolute atomic E-state index is 14.7. The van der Waals surface area contributed by atoms with Gasteiger partial charge in [-0.3, -0.25) is 4.79 Å². The van der Waals surface area contributed by atoms with Gasteiger partial charge in [0.05, 0.1) is 5.69 Å². The summed E-state index contributed by atoms with van der Waals surface area (Å²) in [5.41, 5.74) is 1.03. The third-order valence-corrected chi connectivity index (χ3v) is 5.82. The maximum Gasteiger partial charge on any atom is 0.321 e. The lowest BCUT2D eigenvalue weighted by atomic mass is 9.94. The average Bonchev–Trinajstić information content (AvgIpc) is 2.68. The van der Waals surface area contributed by atoms with Crippen molar-refractivity contribution in [2.75, 3.05) is 30.4 Å². The SMILES string of the molecule is CC(=O)N[C@H]1CCCN(C(=O)Nc2ccc(N(C)C3CCCCC3)c(F)c2)C1. The summed E-state index contributed by atoms with van der Waals surface area (Å²) in [6, 6.07) is 4.98. The van der Waals surface area contributed by atoms with Crippen molar-refractivity contribution in [2.45, 2.75) is 64.0 Å². The Labute approximate surface area is 166 Å². The summed E-state index contributed by atoms with van der Waals surface area (Å²) in [5.74, 6) is -0.410. The largest absolute Gasteiger partial charge is 0.369 e. The molecule has 1 saturated heterocycles. The maximum atomic E-state index is 14.7. The summed E-state index contributed by atoms with van der Waals surface area (Å²) in [6.07, 6.45) is 7.53. The Morgan fingerprint density at radius 1 is 1.14 bits per heavy atom. The number of carbonyl (C=O) groups is 2. The van der Waals surface area contributed by atoms with Crippen molar-refractivity contribution in [3.63, 3.8) is 0 Å². The minimum Gasteiger partial charge on any atom is -0.369 e. The molecular weight excluding hydrogens is 359 g/mol. The van der Waals surface area contributed by atoms with E-state index in [0.29, 0.717) is 30.5 Å². The zero-order chi connectivity index (χ0) is 20.1. The first-order valence-corrected chi connectivity index (χ1v) is 10.3. The minimum atomic E-state index is -0.319. The number of urea groups is 1. The Balaban J connectivity index is 1.60. The molecule has 0 radical (unpaired) electrons. The van der Waals surface area contributed by atoms with E-state index in [1.165, 1.54) is 32.3 Å². The number of nitrogens with zero attached hydrogens (tertiary/aromatic N) is 2. The average molecular weight is 391 g/mol. The van der Waals surface area contributed by atoms with E-state index in [2.05, 4.69) is 10.6 Å². The van der Waals surface area contributed by atoms with Crippen molar-refractivity contribution < 1.29 is 14.0 Å². The van der Waals surface area contributed by atoms with Gasteiger partial charge in [-0.1, -0.05) is 19.3 Å². The van der Waals surface area contributed by atoms with Gasteiger partial charge in [-0.15, -0.1) is 0 Å². The van der Waals surface area contributed by atoms with Crippen LogP contribution in [0.1, 0.15) is 51.9 Å². The van der Waals surface area contributed by atoms with Crippen molar-refractivity contribution in [2.24, 2.45) is 0 Å². The normalized spacial score (nSPS) is 20.5. The van der Waals surface area contributed by atoms with Crippen LogP contribution in [0.5, 0.6) is 0 Å². The first kappa shape index (κ1) is 20.4. The van der Waals surface area contributed by atoms with Crippen LogP contribution in [0, 0.1) is 5.82 Å². The van der Waals surface area contributed by atoms with Crippen LogP contribution in [0.15, 0.2) is 18.2 Å². The van der Waals surface area contributed by atoms with E-state index < -0.39 is 0 Å². The van der Waals surface area contributed by atoms with Crippen molar-refractivity contribution in [1.29, 1.82) is 0 Å². The lowest BCUT2D eigenvalue weighted by molar-refractivity contribution is -0.119. The van der Waals surface area contributed by atoms with E-state index in [0.717, 1.165) is 25.7 Å². The van der Waals surface area contributed by atoms with Gasteiger partial charge < -0.3 is 20.4 Å². The molecule has 1 heterocycles. The number of likely N-dealkylation sites (tertiary alicyclic amines) is 1. The summed E-state index contributed by atoms with van der Waals surface area (Å²) < 4.78 is 14.7. The van der Waals surface area contributed by atoms with Crippen LogP contribution >= 0.6 is 0 Å². The summed E-state index contributed by atoms with van der Waals surface area (Å²) >= 11 is 0. The molecule has 1 aromatic rings. The topological polar surface area (TPSA) is 64.7 Å². The Bertz CT molecular complexity index is 706. The molecule has 2 fully saturated rings. The lowest BCUT2D eigenvalue weighted by Gasteiger charge is -2.34. The lowest BCUT2D eigenvalue weighted by Crippen LogP contribution is -2.50. The zero-order valence-corrected chi connectivity index (χ0v) is 16.8. The number of rotatable bonds is 4. The summed E-state index contributed by atoms with van der Waals surface area (Å²) in [7, 11) is 1.95. The summed E-state index contributed by atoms with van der Waals surface area (Å²) in [5, 5.41) is 5.65. The number of hydrogen-bond donors (Lipinski definition) is 2. The van der Waals surface area contributed by atoms with Gasteiger partial charge in [0.1, 0.15) is 5.82 Å². The molecule has 0 bridgehead atoms. The molecule has 2 aliphatic rings. The molecule has 154 valence electrons. The van der Waals surface area contributed by atoms with E-state index >= 15 is 0 Å². The zero-order valence-electron chi connectivity index (χ0n) is 16.8. The molecule has 6 nitrogen and oxygen atoms in total. The minimum absolute atomic E-state index is 0.0275. The second-order valence-corrected chi connectivity index (χ2v) is 7.98. The van der Waals surface area contributed by atoms with Gasteiger partial charge in [0.2, 0.25) is 5.91 Å². The summed E-state index contributed by atoms with van der Waals surface area (Å²) in [6.45, 7) is 2.58. The number of amides is 3. The monoisotopic (exact) mass is 390 g/mol. The second-order valence-electron chi connectivity index (χ2n) is 7.98. The standard InChI is InChI=1S/C21H31FN4O2/c1-15(27)23-17-7-6-12-26(14-17)21(28)24-16-10-11-20(19(22)13-16)25(2)18-8-4-3-5-9-18/h10-11,13,17-18H,3-9,12,14H2,1-2H3,(H,23,27)(H,24,28)/t17-/m0/s1. The molecule has 3 amide bonds. The molecule has 0 aromatic heterocycles. The third-order valence-electron chi connectivity index (χ3n) is 5.82. The van der Waals surface area contributed by atoms with E-state index in [1.54, 1.807) is 17.0 Å². The molecular formula is C21H31FN4O2. The van der Waals surface area contributed by atoms with Gasteiger partial charge in [-0.2, -0.15) is 0 Å². The highest BCUT2D eigenvalue weighted by atomic mass is 19.1. The molecule has 0 unspecified atom stereocenters. The number of halogens is 1. The van der Waals surface area contributed by atoms with Crippen LogP contribution in [0.3, 0.4) is 0 Å². The van der Waals surface area contributed by atoms with Crippen molar-refractivity contribution in [3.05, 3.63) is 24.0 Å². The highest BCUT2D eigenvalue weighted by Crippen LogP contribution is 2.29. The van der Waals surface area contributed by atoms with Crippen LogP contribution in [-0.2, 0) is 4.79 Å². The first-order valence-electron chi connectivity index (χ1n) is 10.3. The third kappa shape index (κ3) is 5.14. The van der Waals surface area contributed by atoms with E-state index in [1.807, 2.05) is 11.9 Å². The van der Waals surface area contributed by atoms with Crippen molar-refractivity contribution >= 4 is 23.3 Å². The Hall–Kier alpha value is -2.31. The van der Waals surface area contributed by atoms with E-state index in [4.69, 9.17) is 0 Å². The molecule has 0 spiro atoms. The Morgan fingerprint density at radius 3 is 2.57 bits per heavy atom. The molecule has 1 atom stereocenters. The van der Waals surface area contributed by atoms with Crippen LogP contribution < -0.4 is 15.5 Å². The fourth-order valence-corrected chi connectivity index (χ4v) is 4.31. The number of benzene rings is 1. The fraction of sp³-hybridized carbons (Fsp3) is 0.619. The van der Waals surface area contributed by atoms with Gasteiger partial charge in [-0.25, -0.2) is 9.18 Å². The van der Waals surface area contributed by atoms with Crippen LogP contribution in [0.25, 0.3) is 0 Å². The van der Waals surface area contributed by atoms with Crippen LogP contribution in [0.2, 0.25) is 0 Å². The molecule has 3 rings (SSSR count). The van der Waals surface area contributed by atoms with Gasteiger partial charge in [0.25, 0.3) is 0 Å². The quantitative estimate of drug-likeness (QED) is 0.823. The number of piperidine rings is 1. The molecule has 1 aliphatic heterocycles. The smallest absolute Gasteiger partial charge is 0.321 e. The molecule has 1 saturated carbocycles. The Kier molecular flexibility index (Phi) is 6.75. The van der Waals surface area contributed by atoms with Gasteiger partial charge in [0.15, 0.2) is 0 Å². The van der Waals surface area contributed by atoms with Crippen molar-refractivity contribution in [1.82, 2.24) is 10.2 Å². The predicted octanol–water partition coefficient (Wildman–Crippen LogP) is 3.73. The van der Waals surface area contributed by atoms with Crippen LogP contribution in [-0.4, -0.2) is 49.1 Å². The fourth-order valence-electron chi connectivity index (χ4n) is 4.31. The molecule has 1 aromatic carbocycles. The molecule has 7 heteroatoms. The van der Waals surface area contributed by atoms with E-state index in [-0.39, 0.29) is 23.8 Å². The predicted molar refractivity (Wildman–Crippen MR) is 109 cm³/mol. The van der Waals surface area contributed by atoms with E-state index in [9.17, 15) is 14.0 Å². The number of anilines is 2. The molecule has 28 heavy (non-hydrogen) atoms. The molecule has 2 N–H and O–H groups in total. The van der Waals surface area contributed by atoms with Gasteiger partial charge in [0, 0.05) is 44.8 Å². The highest BCUT2D eigenvalue weighted by molar-refractivity contribution is 5.89. The molecule has 1 aliphatic carbocycles. The summed E-state index contributed by atoms with van der Waals surface area (Å²) in [4.78, 5) is 27.5. The number of carbonyl (C=O) groups excluding carboxylic acids is 2. The van der Waals surface area contributed by atoms with Gasteiger partial charge in [-0.05, 0) is 43.9 Å². The number of nitrogens with one attached hydrogen (secondary N) is 2. The first-order chi connectivity index (χ1) is 13.4. The van der Waals surface area contributed by atoms with Crippen LogP contribution in [0.4, 0.5) is 20.6 Å². The number of hydrogen-bond acceptors (Lipinski definition) is 3. The Morgan fingerprint density at radius 2 is 1.89 bits per heavy atom. The van der Waals surface area contributed by atoms with Gasteiger partial charge >= 0.3 is 6.03 Å².